The van der Waals surface area contributed by atoms with Crippen LogP contribution < -0.4 is 5.32 Å². The minimum atomic E-state index is -0.440. The van der Waals surface area contributed by atoms with Crippen LogP contribution in [-0.4, -0.2) is 19.6 Å². The summed E-state index contributed by atoms with van der Waals surface area (Å²) in [4.78, 5) is 6.78. The largest absolute Gasteiger partial charge is 0.352 e. The average Bonchev–Trinajstić information content (AvgIpc) is 3.42. The summed E-state index contributed by atoms with van der Waals surface area (Å²) >= 11 is 11.9. The molecule has 0 amide bonds. The lowest BCUT2D eigenvalue weighted by atomic mass is 10.0. The van der Waals surface area contributed by atoms with Crippen molar-refractivity contribution in [3.8, 4) is 5.69 Å². The Labute approximate surface area is 196 Å². The number of halogens is 2. The molecule has 32 heavy (non-hydrogen) atoms. The van der Waals surface area contributed by atoms with Crippen LogP contribution in [0.25, 0.3) is 5.69 Å². The zero-order chi connectivity index (χ0) is 22.1. The molecule has 0 aliphatic carbocycles. The Morgan fingerprint density at radius 2 is 1.81 bits per heavy atom. The summed E-state index contributed by atoms with van der Waals surface area (Å²) < 4.78 is 15.8. The van der Waals surface area contributed by atoms with Crippen molar-refractivity contribution in [3.05, 3.63) is 119 Å². The minimum absolute atomic E-state index is 0.0876. The van der Waals surface area contributed by atoms with Crippen LogP contribution >= 0.6 is 23.8 Å². The fourth-order valence-corrected chi connectivity index (χ4v) is 4.66. The van der Waals surface area contributed by atoms with Gasteiger partial charge >= 0.3 is 0 Å². The molecule has 2 aromatic heterocycles. The fourth-order valence-electron chi connectivity index (χ4n) is 4.18. The second-order valence-electron chi connectivity index (χ2n) is 7.64. The monoisotopic (exact) mass is 462 g/mol. The number of thiocarbonyl (C=S) groups is 1. The maximum atomic E-state index is 13.8. The van der Waals surface area contributed by atoms with Crippen LogP contribution in [0.5, 0.6) is 0 Å². The van der Waals surface area contributed by atoms with Gasteiger partial charge in [-0.1, -0.05) is 48.0 Å². The van der Waals surface area contributed by atoms with Crippen LogP contribution in [0.2, 0.25) is 5.02 Å². The molecule has 0 unspecified atom stereocenters. The molecular weight excluding hydrogens is 443 g/mol. The Bertz CT molecular complexity index is 1250. The Morgan fingerprint density at radius 3 is 2.56 bits per heavy atom. The summed E-state index contributed by atoms with van der Waals surface area (Å²) in [5.74, 6) is -0.440. The highest BCUT2D eigenvalue weighted by Crippen LogP contribution is 2.40. The molecule has 1 saturated heterocycles. The van der Waals surface area contributed by atoms with Gasteiger partial charge in [-0.25, -0.2) is 4.39 Å². The molecule has 0 saturated carbocycles. The van der Waals surface area contributed by atoms with E-state index in [0.29, 0.717) is 11.7 Å². The van der Waals surface area contributed by atoms with Gasteiger partial charge in [0.05, 0.1) is 22.8 Å². The van der Waals surface area contributed by atoms with E-state index in [1.54, 1.807) is 18.3 Å². The normalized spacial score (nSPS) is 18.1. The van der Waals surface area contributed by atoms with Gasteiger partial charge in [0.2, 0.25) is 0 Å². The molecule has 1 N–H and O–H groups in total. The molecule has 160 valence electrons. The lowest BCUT2D eigenvalue weighted by molar-refractivity contribution is 0.302. The Hall–Kier alpha value is -3.22. The number of hydrogen-bond donors (Lipinski definition) is 1. The summed E-state index contributed by atoms with van der Waals surface area (Å²) in [6.45, 7) is 0.649. The van der Waals surface area contributed by atoms with E-state index in [-0.39, 0.29) is 17.1 Å². The van der Waals surface area contributed by atoms with Crippen molar-refractivity contribution in [2.75, 3.05) is 0 Å². The highest BCUT2D eigenvalue weighted by atomic mass is 35.5. The van der Waals surface area contributed by atoms with Crippen molar-refractivity contribution in [3.63, 3.8) is 0 Å². The molecule has 7 heteroatoms. The summed E-state index contributed by atoms with van der Waals surface area (Å²) in [5.41, 5.74) is 3.85. The van der Waals surface area contributed by atoms with Crippen molar-refractivity contribution < 1.29 is 4.39 Å². The van der Waals surface area contributed by atoms with E-state index in [9.17, 15) is 4.39 Å². The first-order valence-electron chi connectivity index (χ1n) is 10.3. The van der Waals surface area contributed by atoms with Gasteiger partial charge in [0.25, 0.3) is 0 Å². The van der Waals surface area contributed by atoms with Crippen molar-refractivity contribution in [2.24, 2.45) is 0 Å². The van der Waals surface area contributed by atoms with Crippen molar-refractivity contribution in [1.29, 1.82) is 0 Å². The Kier molecular flexibility index (Phi) is 5.64. The highest BCUT2D eigenvalue weighted by molar-refractivity contribution is 7.80. The number of hydrogen-bond acceptors (Lipinski definition) is 2. The standard InChI is InChI=1S/C25H20ClFN4S/c26-19-15-18(11-12-20(19)27)30-14-6-10-22(30)24-23(21-9-4-5-13-28-21)29-25(32)31(24)16-17-7-2-1-3-8-17/h1-15,23-24H,16H2,(H,29,32)/t23-,24-/m0/s1. The number of rotatable bonds is 5. The molecule has 0 radical (unpaired) electrons. The number of pyridine rings is 1. The molecule has 5 rings (SSSR count). The minimum Gasteiger partial charge on any atom is -0.352 e. The van der Waals surface area contributed by atoms with Gasteiger partial charge in [-0.2, -0.15) is 0 Å². The van der Waals surface area contributed by atoms with E-state index in [2.05, 4.69) is 33.4 Å². The van der Waals surface area contributed by atoms with Crippen LogP contribution in [0.1, 0.15) is 29.0 Å². The van der Waals surface area contributed by atoms with Gasteiger partial charge in [0.1, 0.15) is 5.82 Å². The summed E-state index contributed by atoms with van der Waals surface area (Å²) in [6, 6.07) is 24.6. The smallest absolute Gasteiger partial charge is 0.170 e. The molecule has 4 nitrogen and oxygen atoms in total. The van der Waals surface area contributed by atoms with Gasteiger partial charge in [0, 0.05) is 30.3 Å². The maximum Gasteiger partial charge on any atom is 0.170 e. The summed E-state index contributed by atoms with van der Waals surface area (Å²) in [6.07, 6.45) is 3.74. The average molecular weight is 463 g/mol. The van der Waals surface area contributed by atoms with Crippen LogP contribution in [-0.2, 0) is 6.54 Å². The van der Waals surface area contributed by atoms with Gasteiger partial charge in [-0.3, -0.25) is 4.98 Å². The molecule has 2 atom stereocenters. The second kappa shape index (κ2) is 8.73. The van der Waals surface area contributed by atoms with Crippen LogP contribution in [0.4, 0.5) is 4.39 Å². The predicted octanol–water partition coefficient (Wildman–Crippen LogP) is 5.84. The molecule has 2 aromatic carbocycles. The highest BCUT2D eigenvalue weighted by Gasteiger charge is 2.41. The first kappa shape index (κ1) is 20.7. The summed E-state index contributed by atoms with van der Waals surface area (Å²) in [5, 5.41) is 4.23. The third-order valence-corrected chi connectivity index (χ3v) is 6.30. The van der Waals surface area contributed by atoms with Crippen LogP contribution in [0, 0.1) is 5.82 Å². The third kappa shape index (κ3) is 3.87. The number of nitrogens with one attached hydrogen (secondary N) is 1. The first-order valence-corrected chi connectivity index (χ1v) is 11.0. The third-order valence-electron chi connectivity index (χ3n) is 5.66. The predicted molar refractivity (Wildman–Crippen MR) is 128 cm³/mol. The summed E-state index contributed by atoms with van der Waals surface area (Å²) in [7, 11) is 0. The molecule has 3 heterocycles. The molecule has 4 aromatic rings. The topological polar surface area (TPSA) is 33.1 Å². The maximum absolute atomic E-state index is 13.8. The van der Waals surface area contributed by atoms with Gasteiger partial charge in [-0.05, 0) is 60.2 Å². The number of aromatic nitrogens is 2. The molecule has 0 spiro atoms. The van der Waals surface area contributed by atoms with Crippen molar-refractivity contribution >= 4 is 28.9 Å². The quantitative estimate of drug-likeness (QED) is 0.378. The van der Waals surface area contributed by atoms with Gasteiger partial charge in [0.15, 0.2) is 5.11 Å². The lowest BCUT2D eigenvalue weighted by Gasteiger charge is -2.29. The molecule has 0 bridgehead atoms. The fraction of sp³-hybridized carbons (Fsp3) is 0.120. The van der Waals surface area contributed by atoms with E-state index >= 15 is 0 Å². The Morgan fingerprint density at radius 1 is 1.00 bits per heavy atom. The van der Waals surface area contributed by atoms with E-state index in [0.717, 1.165) is 22.6 Å². The van der Waals surface area contributed by atoms with E-state index in [4.69, 9.17) is 23.8 Å². The molecule has 1 aliphatic rings. The van der Waals surface area contributed by atoms with Crippen molar-refractivity contribution in [2.45, 2.75) is 18.6 Å². The van der Waals surface area contributed by atoms with E-state index in [1.807, 2.05) is 53.2 Å². The zero-order valence-corrected chi connectivity index (χ0v) is 18.6. The number of nitrogens with zero attached hydrogens (tertiary/aromatic N) is 3. The van der Waals surface area contributed by atoms with E-state index < -0.39 is 5.82 Å². The Balaban J connectivity index is 1.61. The van der Waals surface area contributed by atoms with Crippen molar-refractivity contribution in [1.82, 2.24) is 19.8 Å². The molecule has 1 aliphatic heterocycles. The number of benzene rings is 2. The SMILES string of the molecule is Fc1ccc(-n2cccc2[C@H]2[C@H](c3ccccn3)NC(=S)N2Cc2ccccc2)cc1Cl. The van der Waals surface area contributed by atoms with Gasteiger partial charge in [-0.15, -0.1) is 0 Å². The second-order valence-corrected chi connectivity index (χ2v) is 8.44. The first-order chi connectivity index (χ1) is 15.6. The van der Waals surface area contributed by atoms with Gasteiger partial charge < -0.3 is 14.8 Å². The molecule has 1 fully saturated rings. The van der Waals surface area contributed by atoms with Crippen LogP contribution in [0.3, 0.4) is 0 Å². The lowest BCUT2D eigenvalue weighted by Crippen LogP contribution is -2.30. The zero-order valence-electron chi connectivity index (χ0n) is 17.0. The molecular formula is C25H20ClFN4S. The van der Waals surface area contributed by atoms with Crippen LogP contribution in [0.15, 0.2) is 91.3 Å². The van der Waals surface area contributed by atoms with E-state index in [1.165, 1.54) is 6.07 Å².